The summed E-state index contributed by atoms with van der Waals surface area (Å²) >= 11 is 0. The number of hydrogen-bond acceptors (Lipinski definition) is 3. The number of aliphatic hydroxyl groups excluding tert-OH is 1. The lowest BCUT2D eigenvalue weighted by Crippen LogP contribution is -1.83. The first-order chi connectivity index (χ1) is 8.36. The van der Waals surface area contributed by atoms with E-state index in [1.807, 2.05) is 30.3 Å². The van der Waals surface area contributed by atoms with Crippen LogP contribution in [0, 0.1) is 0 Å². The standard InChI is InChI=1S/C13H11N3O/c17-7-9-1-3-10(4-2-9)12-5-11-6-14-8-15-13(11)16-12/h1-6,8,17H,7H2,(H,14,15,16). The predicted molar refractivity (Wildman–Crippen MR) is 65.2 cm³/mol. The summed E-state index contributed by atoms with van der Waals surface area (Å²) in [5, 5.41) is 9.98. The summed E-state index contributed by atoms with van der Waals surface area (Å²) in [4.78, 5) is 11.4. The quantitative estimate of drug-likeness (QED) is 0.702. The van der Waals surface area contributed by atoms with Crippen molar-refractivity contribution in [3.8, 4) is 11.3 Å². The van der Waals surface area contributed by atoms with E-state index in [4.69, 9.17) is 5.11 Å². The van der Waals surface area contributed by atoms with Crippen LogP contribution in [-0.4, -0.2) is 20.1 Å². The predicted octanol–water partition coefficient (Wildman–Crippen LogP) is 2.12. The van der Waals surface area contributed by atoms with Gasteiger partial charge in [0.15, 0.2) is 0 Å². The van der Waals surface area contributed by atoms with Crippen LogP contribution in [0.2, 0.25) is 0 Å². The van der Waals surface area contributed by atoms with Crippen molar-refractivity contribution in [2.45, 2.75) is 6.61 Å². The number of aromatic amines is 1. The zero-order chi connectivity index (χ0) is 11.7. The molecule has 0 aliphatic carbocycles. The molecule has 0 bridgehead atoms. The maximum Gasteiger partial charge on any atom is 0.141 e. The summed E-state index contributed by atoms with van der Waals surface area (Å²) < 4.78 is 0. The van der Waals surface area contributed by atoms with E-state index in [2.05, 4.69) is 15.0 Å². The summed E-state index contributed by atoms with van der Waals surface area (Å²) in [6, 6.07) is 9.79. The molecule has 4 heteroatoms. The number of hydrogen-bond donors (Lipinski definition) is 2. The maximum atomic E-state index is 8.99. The third-order valence-electron chi connectivity index (χ3n) is 2.74. The van der Waals surface area contributed by atoms with Crippen LogP contribution in [-0.2, 0) is 6.61 Å². The molecule has 17 heavy (non-hydrogen) atoms. The van der Waals surface area contributed by atoms with Gasteiger partial charge < -0.3 is 10.1 Å². The van der Waals surface area contributed by atoms with Crippen molar-refractivity contribution >= 4 is 11.0 Å². The van der Waals surface area contributed by atoms with Gasteiger partial charge in [0.1, 0.15) is 12.0 Å². The first-order valence-electron chi connectivity index (χ1n) is 5.36. The van der Waals surface area contributed by atoms with Gasteiger partial charge in [0, 0.05) is 17.3 Å². The van der Waals surface area contributed by atoms with Crippen LogP contribution in [0.1, 0.15) is 5.56 Å². The van der Waals surface area contributed by atoms with Crippen LogP contribution in [0.3, 0.4) is 0 Å². The highest BCUT2D eigenvalue weighted by Crippen LogP contribution is 2.22. The van der Waals surface area contributed by atoms with Crippen molar-refractivity contribution < 1.29 is 5.11 Å². The van der Waals surface area contributed by atoms with Crippen LogP contribution in [0.25, 0.3) is 22.3 Å². The van der Waals surface area contributed by atoms with E-state index in [0.717, 1.165) is 27.9 Å². The SMILES string of the molecule is OCc1ccc(-c2cc3cncnc3[nH]2)cc1. The average Bonchev–Trinajstić information content (AvgIpc) is 2.82. The molecule has 2 heterocycles. The number of rotatable bonds is 2. The van der Waals surface area contributed by atoms with Crippen molar-refractivity contribution in [1.29, 1.82) is 0 Å². The van der Waals surface area contributed by atoms with E-state index in [0.29, 0.717) is 0 Å². The van der Waals surface area contributed by atoms with Crippen LogP contribution in [0.4, 0.5) is 0 Å². The molecule has 2 aromatic heterocycles. The number of aromatic nitrogens is 3. The van der Waals surface area contributed by atoms with Crippen molar-refractivity contribution in [2.75, 3.05) is 0 Å². The Balaban J connectivity index is 2.07. The van der Waals surface area contributed by atoms with E-state index in [9.17, 15) is 0 Å². The molecule has 3 rings (SSSR count). The lowest BCUT2D eigenvalue weighted by molar-refractivity contribution is 0.282. The Kier molecular flexibility index (Phi) is 2.34. The van der Waals surface area contributed by atoms with Gasteiger partial charge in [-0.05, 0) is 17.2 Å². The van der Waals surface area contributed by atoms with Crippen LogP contribution in [0.5, 0.6) is 0 Å². The van der Waals surface area contributed by atoms with Gasteiger partial charge in [-0.3, -0.25) is 0 Å². The zero-order valence-electron chi connectivity index (χ0n) is 9.09. The molecule has 0 spiro atoms. The molecule has 0 aliphatic rings. The lowest BCUT2D eigenvalue weighted by atomic mass is 10.1. The van der Waals surface area contributed by atoms with Gasteiger partial charge in [0.05, 0.1) is 6.61 Å². The molecule has 4 nitrogen and oxygen atoms in total. The smallest absolute Gasteiger partial charge is 0.141 e. The van der Waals surface area contributed by atoms with Crippen LogP contribution in [0.15, 0.2) is 42.9 Å². The first-order valence-corrected chi connectivity index (χ1v) is 5.36. The van der Waals surface area contributed by atoms with Gasteiger partial charge in [-0.2, -0.15) is 0 Å². The van der Waals surface area contributed by atoms with Gasteiger partial charge in [0.2, 0.25) is 0 Å². The van der Waals surface area contributed by atoms with Crippen molar-refractivity contribution in [3.05, 3.63) is 48.4 Å². The Labute approximate surface area is 98.0 Å². The monoisotopic (exact) mass is 225 g/mol. The van der Waals surface area contributed by atoms with E-state index in [1.165, 1.54) is 6.33 Å². The minimum atomic E-state index is 0.0679. The fourth-order valence-corrected chi connectivity index (χ4v) is 1.81. The summed E-state index contributed by atoms with van der Waals surface area (Å²) in [7, 11) is 0. The molecule has 0 aliphatic heterocycles. The fourth-order valence-electron chi connectivity index (χ4n) is 1.81. The zero-order valence-corrected chi connectivity index (χ0v) is 9.09. The molecule has 84 valence electrons. The maximum absolute atomic E-state index is 8.99. The molecule has 0 unspecified atom stereocenters. The Morgan fingerprint density at radius 1 is 1.18 bits per heavy atom. The Morgan fingerprint density at radius 2 is 2.00 bits per heavy atom. The largest absolute Gasteiger partial charge is 0.392 e. The molecule has 0 amide bonds. The van der Waals surface area contributed by atoms with E-state index in [-0.39, 0.29) is 6.61 Å². The van der Waals surface area contributed by atoms with Gasteiger partial charge in [-0.15, -0.1) is 0 Å². The molecule has 2 N–H and O–H groups in total. The molecule has 1 aromatic carbocycles. The third-order valence-corrected chi connectivity index (χ3v) is 2.74. The summed E-state index contributed by atoms with van der Waals surface area (Å²) in [6.45, 7) is 0.0679. The van der Waals surface area contributed by atoms with E-state index < -0.39 is 0 Å². The van der Waals surface area contributed by atoms with E-state index >= 15 is 0 Å². The van der Waals surface area contributed by atoms with Crippen molar-refractivity contribution in [2.24, 2.45) is 0 Å². The number of nitrogens with zero attached hydrogens (tertiary/aromatic N) is 2. The van der Waals surface area contributed by atoms with Crippen molar-refractivity contribution in [3.63, 3.8) is 0 Å². The average molecular weight is 225 g/mol. The molecule has 0 radical (unpaired) electrons. The second kappa shape index (κ2) is 3.99. The number of aliphatic hydroxyl groups is 1. The molecule has 0 atom stereocenters. The Bertz CT molecular complexity index is 610. The highest BCUT2D eigenvalue weighted by atomic mass is 16.3. The first kappa shape index (κ1) is 9.99. The topological polar surface area (TPSA) is 61.8 Å². The minimum Gasteiger partial charge on any atom is -0.392 e. The second-order valence-electron chi connectivity index (χ2n) is 3.86. The summed E-state index contributed by atoms with van der Waals surface area (Å²) in [5.74, 6) is 0. The molecule has 0 fully saturated rings. The van der Waals surface area contributed by atoms with Gasteiger partial charge in [-0.25, -0.2) is 9.97 Å². The van der Waals surface area contributed by atoms with Crippen molar-refractivity contribution in [1.82, 2.24) is 15.0 Å². The normalized spacial score (nSPS) is 10.9. The number of fused-ring (bicyclic) bond motifs is 1. The molecular weight excluding hydrogens is 214 g/mol. The fraction of sp³-hybridized carbons (Fsp3) is 0.0769. The van der Waals surface area contributed by atoms with E-state index in [1.54, 1.807) is 6.20 Å². The Morgan fingerprint density at radius 3 is 2.71 bits per heavy atom. The minimum absolute atomic E-state index is 0.0679. The highest BCUT2D eigenvalue weighted by molar-refractivity contribution is 5.82. The van der Waals surface area contributed by atoms with Gasteiger partial charge in [-0.1, -0.05) is 24.3 Å². The third kappa shape index (κ3) is 1.79. The Hall–Kier alpha value is -2.20. The van der Waals surface area contributed by atoms with Gasteiger partial charge >= 0.3 is 0 Å². The van der Waals surface area contributed by atoms with Crippen LogP contribution < -0.4 is 0 Å². The number of benzene rings is 1. The molecule has 0 saturated heterocycles. The van der Waals surface area contributed by atoms with Crippen LogP contribution >= 0.6 is 0 Å². The summed E-state index contributed by atoms with van der Waals surface area (Å²) in [5.41, 5.74) is 3.82. The van der Waals surface area contributed by atoms with Gasteiger partial charge in [0.25, 0.3) is 0 Å². The number of nitrogens with one attached hydrogen (secondary N) is 1. The summed E-state index contributed by atoms with van der Waals surface area (Å²) in [6.07, 6.45) is 3.31. The molecule has 0 saturated carbocycles. The highest BCUT2D eigenvalue weighted by Gasteiger charge is 2.03. The molecular formula is C13H11N3O. The second-order valence-corrected chi connectivity index (χ2v) is 3.86. The number of H-pyrrole nitrogens is 1. The molecule has 3 aromatic rings. The lowest BCUT2D eigenvalue weighted by Gasteiger charge is -1.99.